The van der Waals surface area contributed by atoms with Crippen molar-refractivity contribution in [1.82, 2.24) is 15.2 Å². The van der Waals surface area contributed by atoms with Crippen molar-refractivity contribution in [2.75, 3.05) is 19.6 Å². The van der Waals surface area contributed by atoms with Crippen molar-refractivity contribution in [2.24, 2.45) is 0 Å². The minimum absolute atomic E-state index is 0.0526. The van der Waals surface area contributed by atoms with Crippen LogP contribution >= 0.6 is 27.5 Å². The average molecular weight is 435 g/mol. The summed E-state index contributed by atoms with van der Waals surface area (Å²) in [5.41, 5.74) is 4.88. The molecule has 0 bridgehead atoms. The van der Waals surface area contributed by atoms with Crippen molar-refractivity contribution in [2.45, 2.75) is 31.8 Å². The van der Waals surface area contributed by atoms with Gasteiger partial charge in [0, 0.05) is 35.3 Å². The molecular formula is C20H21BrClN3O. The Hall–Kier alpha value is -1.27. The number of hydrogen-bond acceptors (Lipinski definition) is 4. The molecule has 0 saturated carbocycles. The second-order valence-corrected chi connectivity index (χ2v) is 8.41. The average Bonchev–Trinajstić information content (AvgIpc) is 2.78. The van der Waals surface area contributed by atoms with Crippen molar-refractivity contribution < 1.29 is 4.79 Å². The number of hydrogen-bond donors (Lipinski definition) is 1. The molecule has 1 unspecified atom stereocenters. The molecule has 0 radical (unpaired) electrons. The molecule has 1 N–H and O–H groups in total. The third-order valence-electron chi connectivity index (χ3n) is 5.35. The first-order valence-electron chi connectivity index (χ1n) is 8.93. The summed E-state index contributed by atoms with van der Waals surface area (Å²) in [6.07, 6.45) is 3.75. The highest BCUT2D eigenvalue weighted by Crippen LogP contribution is 2.37. The van der Waals surface area contributed by atoms with E-state index in [0.29, 0.717) is 6.54 Å². The van der Waals surface area contributed by atoms with Crippen LogP contribution in [0.4, 0.5) is 0 Å². The second-order valence-electron chi connectivity index (χ2n) is 7.06. The van der Waals surface area contributed by atoms with Crippen LogP contribution in [0.3, 0.4) is 0 Å². The van der Waals surface area contributed by atoms with Crippen LogP contribution in [0.5, 0.6) is 0 Å². The van der Waals surface area contributed by atoms with Gasteiger partial charge in [-0.2, -0.15) is 0 Å². The van der Waals surface area contributed by atoms with Gasteiger partial charge in [0.1, 0.15) is 5.78 Å². The molecular weight excluding hydrogens is 414 g/mol. The fraction of sp³-hybridized carbons (Fsp3) is 0.400. The van der Waals surface area contributed by atoms with E-state index in [1.165, 1.54) is 16.7 Å². The summed E-state index contributed by atoms with van der Waals surface area (Å²) in [6.45, 7) is 4.04. The maximum absolute atomic E-state index is 11.9. The number of carbonyl (C=O) groups excluding carboxylic acids is 1. The van der Waals surface area contributed by atoms with Crippen LogP contribution in [0.1, 0.15) is 35.3 Å². The highest BCUT2D eigenvalue weighted by atomic mass is 79.9. The topological polar surface area (TPSA) is 45.2 Å². The molecule has 1 aromatic carbocycles. The molecule has 4 nitrogen and oxygen atoms in total. The molecule has 1 aliphatic heterocycles. The number of aryl methyl sites for hydroxylation is 2. The minimum Gasteiger partial charge on any atom is -0.305 e. The summed E-state index contributed by atoms with van der Waals surface area (Å²) in [5.74, 6) is 0.184. The van der Waals surface area contributed by atoms with Gasteiger partial charge in [-0.3, -0.25) is 14.7 Å². The Morgan fingerprint density at radius 3 is 2.92 bits per heavy atom. The molecule has 6 heteroatoms. The number of pyridine rings is 1. The zero-order valence-electron chi connectivity index (χ0n) is 14.6. The Kier molecular flexibility index (Phi) is 5.15. The summed E-state index contributed by atoms with van der Waals surface area (Å²) in [6, 6.07) is 8.27. The number of aromatic nitrogens is 1. The lowest BCUT2D eigenvalue weighted by molar-refractivity contribution is -0.120. The van der Waals surface area contributed by atoms with Gasteiger partial charge in [0.05, 0.1) is 17.8 Å². The van der Waals surface area contributed by atoms with Crippen LogP contribution in [0.15, 0.2) is 34.9 Å². The zero-order valence-corrected chi connectivity index (χ0v) is 17.0. The van der Waals surface area contributed by atoms with Gasteiger partial charge >= 0.3 is 0 Å². The van der Waals surface area contributed by atoms with E-state index in [0.717, 1.165) is 41.1 Å². The number of nitrogens with zero attached hydrogens (tertiary/aromatic N) is 2. The molecule has 1 aliphatic carbocycles. The van der Waals surface area contributed by atoms with Crippen LogP contribution < -0.4 is 5.32 Å². The van der Waals surface area contributed by atoms with Gasteiger partial charge in [-0.1, -0.05) is 17.7 Å². The van der Waals surface area contributed by atoms with E-state index in [2.05, 4.69) is 44.3 Å². The van der Waals surface area contributed by atoms with Crippen LogP contribution in [0.2, 0.25) is 5.02 Å². The Morgan fingerprint density at radius 2 is 2.12 bits per heavy atom. The number of rotatable bonds is 2. The first-order chi connectivity index (χ1) is 12.5. The minimum atomic E-state index is -0.123. The molecule has 0 amide bonds. The van der Waals surface area contributed by atoms with Gasteiger partial charge in [-0.05, 0) is 70.6 Å². The molecule has 1 fully saturated rings. The molecule has 1 aromatic heterocycles. The van der Waals surface area contributed by atoms with Crippen LogP contribution in [0, 0.1) is 0 Å². The molecule has 2 aliphatic rings. The van der Waals surface area contributed by atoms with Crippen LogP contribution in [-0.2, 0) is 17.6 Å². The third kappa shape index (κ3) is 3.46. The number of carbonyl (C=O) groups is 1. The molecule has 136 valence electrons. The van der Waals surface area contributed by atoms with E-state index in [1.807, 2.05) is 12.3 Å². The number of nitrogens with one attached hydrogen (secondary N) is 1. The number of halogens is 2. The van der Waals surface area contributed by atoms with E-state index in [4.69, 9.17) is 16.6 Å². The first-order valence-corrected chi connectivity index (χ1v) is 10.1. The normalized spacial score (nSPS) is 23.0. The number of Topliss-reactive ketones (excluding diaryl/α,β-unsaturated/α-hetero) is 1. The fourth-order valence-electron chi connectivity index (χ4n) is 4.06. The monoisotopic (exact) mass is 433 g/mol. The number of ketones is 1. The van der Waals surface area contributed by atoms with E-state index in [1.54, 1.807) is 6.92 Å². The Bertz CT molecular complexity index is 803. The Balaban J connectivity index is 1.82. The summed E-state index contributed by atoms with van der Waals surface area (Å²) >= 11 is 9.83. The van der Waals surface area contributed by atoms with Crippen molar-refractivity contribution in [3.05, 3.63) is 62.3 Å². The molecule has 0 spiro atoms. The standard InChI is InChI=1S/C20H21BrClN3O/c1-12(26)18-11-25(7-6-23-18)20-17-5-4-16(22)9-13(17)2-3-14-8-15(21)10-24-19(14)20/h4-5,8-10,18,20,23H,2-3,6-7,11H2,1H3/t18-,20?/m1/s1. The van der Waals surface area contributed by atoms with Gasteiger partial charge < -0.3 is 5.32 Å². The Morgan fingerprint density at radius 1 is 1.31 bits per heavy atom. The van der Waals surface area contributed by atoms with E-state index >= 15 is 0 Å². The molecule has 26 heavy (non-hydrogen) atoms. The second kappa shape index (κ2) is 7.39. The van der Waals surface area contributed by atoms with Gasteiger partial charge in [-0.25, -0.2) is 0 Å². The number of benzene rings is 1. The van der Waals surface area contributed by atoms with Crippen molar-refractivity contribution in [1.29, 1.82) is 0 Å². The maximum atomic E-state index is 11.9. The largest absolute Gasteiger partial charge is 0.305 e. The van der Waals surface area contributed by atoms with Gasteiger partial charge in [-0.15, -0.1) is 0 Å². The third-order valence-corrected chi connectivity index (χ3v) is 6.02. The van der Waals surface area contributed by atoms with Crippen molar-refractivity contribution in [3.63, 3.8) is 0 Å². The molecule has 2 aromatic rings. The van der Waals surface area contributed by atoms with Gasteiger partial charge in [0.2, 0.25) is 0 Å². The van der Waals surface area contributed by atoms with E-state index in [-0.39, 0.29) is 17.9 Å². The summed E-state index contributed by atoms with van der Waals surface area (Å²) in [7, 11) is 0. The molecule has 4 rings (SSSR count). The summed E-state index contributed by atoms with van der Waals surface area (Å²) in [4.78, 5) is 19.1. The quantitative estimate of drug-likeness (QED) is 0.785. The molecule has 1 saturated heterocycles. The van der Waals surface area contributed by atoms with Crippen LogP contribution in [0.25, 0.3) is 0 Å². The number of piperazine rings is 1. The smallest absolute Gasteiger partial charge is 0.147 e. The lowest BCUT2D eigenvalue weighted by atomic mass is 9.95. The SMILES string of the molecule is CC(=O)[C@H]1CN(C2c3ccc(Cl)cc3CCc3cc(Br)cnc32)CCN1. The fourth-order valence-corrected chi connectivity index (χ4v) is 4.63. The van der Waals surface area contributed by atoms with Crippen LogP contribution in [-0.4, -0.2) is 41.3 Å². The van der Waals surface area contributed by atoms with Crippen molar-refractivity contribution in [3.8, 4) is 0 Å². The Labute approximate surface area is 167 Å². The molecule has 2 atom stereocenters. The molecule has 2 heterocycles. The number of fused-ring (bicyclic) bond motifs is 2. The highest BCUT2D eigenvalue weighted by molar-refractivity contribution is 9.10. The maximum Gasteiger partial charge on any atom is 0.147 e. The van der Waals surface area contributed by atoms with Gasteiger partial charge in [0.15, 0.2) is 0 Å². The van der Waals surface area contributed by atoms with E-state index in [9.17, 15) is 4.79 Å². The predicted octanol–water partition coefficient (Wildman–Crippen LogP) is 3.55. The lowest BCUT2D eigenvalue weighted by Gasteiger charge is -2.38. The first kappa shape index (κ1) is 18.1. The van der Waals surface area contributed by atoms with Gasteiger partial charge in [0.25, 0.3) is 0 Å². The zero-order chi connectivity index (χ0) is 18.3. The summed E-state index contributed by atoms with van der Waals surface area (Å²) < 4.78 is 1.00. The van der Waals surface area contributed by atoms with Crippen molar-refractivity contribution >= 4 is 33.3 Å². The summed E-state index contributed by atoms with van der Waals surface area (Å²) in [5, 5.41) is 4.10. The highest BCUT2D eigenvalue weighted by Gasteiger charge is 2.34. The predicted molar refractivity (Wildman–Crippen MR) is 107 cm³/mol. The van der Waals surface area contributed by atoms with E-state index < -0.39 is 0 Å². The lowest BCUT2D eigenvalue weighted by Crippen LogP contribution is -2.54.